The van der Waals surface area contributed by atoms with Gasteiger partial charge in [-0.3, -0.25) is 4.99 Å². The van der Waals surface area contributed by atoms with Gasteiger partial charge in [-0.05, 0) is 43.9 Å². The summed E-state index contributed by atoms with van der Waals surface area (Å²) in [6.07, 6.45) is 2.47. The highest BCUT2D eigenvalue weighted by Gasteiger charge is 2.16. The Hall–Kier alpha value is -1.62. The van der Waals surface area contributed by atoms with Crippen LogP contribution in [-0.4, -0.2) is 32.3 Å². The minimum Gasteiger partial charge on any atom is -0.376 e. The summed E-state index contributed by atoms with van der Waals surface area (Å²) in [5.74, 6) is 0.530. The van der Waals surface area contributed by atoms with Crippen LogP contribution in [-0.2, 0) is 4.74 Å². The average molecular weight is 293 g/mol. The Balaban J connectivity index is 1.89. The zero-order valence-corrected chi connectivity index (χ0v) is 12.9. The predicted octanol–water partition coefficient (Wildman–Crippen LogP) is 2.54. The molecule has 1 aromatic carbocycles. The number of hydrogen-bond donors (Lipinski definition) is 2. The van der Waals surface area contributed by atoms with E-state index >= 15 is 0 Å². The molecule has 1 saturated heterocycles. The third-order valence-electron chi connectivity index (χ3n) is 3.79. The van der Waals surface area contributed by atoms with Crippen LogP contribution in [0, 0.1) is 12.7 Å². The Kier molecular flexibility index (Phi) is 5.56. The zero-order valence-electron chi connectivity index (χ0n) is 12.9. The van der Waals surface area contributed by atoms with Crippen LogP contribution in [0.4, 0.5) is 4.39 Å². The average Bonchev–Trinajstić information content (AvgIpc) is 2.99. The molecule has 2 rings (SSSR count). The van der Waals surface area contributed by atoms with Crippen LogP contribution in [0.25, 0.3) is 0 Å². The quantitative estimate of drug-likeness (QED) is 0.662. The van der Waals surface area contributed by atoms with Crippen LogP contribution in [0.5, 0.6) is 0 Å². The highest BCUT2D eigenvalue weighted by Crippen LogP contribution is 2.16. The maximum Gasteiger partial charge on any atom is 0.191 e. The molecule has 1 fully saturated rings. The molecule has 2 atom stereocenters. The van der Waals surface area contributed by atoms with E-state index in [9.17, 15) is 4.39 Å². The lowest BCUT2D eigenvalue weighted by Crippen LogP contribution is -2.42. The molecule has 0 amide bonds. The molecule has 2 unspecified atom stereocenters. The molecule has 4 nitrogen and oxygen atoms in total. The molecule has 1 aliphatic heterocycles. The molecule has 0 saturated carbocycles. The van der Waals surface area contributed by atoms with Crippen molar-refractivity contribution in [3.05, 3.63) is 35.1 Å². The second-order valence-corrected chi connectivity index (χ2v) is 5.46. The van der Waals surface area contributed by atoms with E-state index in [-0.39, 0.29) is 18.0 Å². The van der Waals surface area contributed by atoms with Gasteiger partial charge >= 0.3 is 0 Å². The van der Waals surface area contributed by atoms with Gasteiger partial charge in [0.2, 0.25) is 0 Å². The van der Waals surface area contributed by atoms with Gasteiger partial charge in [-0.2, -0.15) is 0 Å². The van der Waals surface area contributed by atoms with Crippen molar-refractivity contribution < 1.29 is 9.13 Å². The first-order valence-corrected chi connectivity index (χ1v) is 7.45. The first-order chi connectivity index (χ1) is 10.1. The lowest BCUT2D eigenvalue weighted by molar-refractivity contribution is 0.113. The summed E-state index contributed by atoms with van der Waals surface area (Å²) in [5.41, 5.74) is 1.56. The van der Waals surface area contributed by atoms with E-state index in [1.54, 1.807) is 26.1 Å². The smallest absolute Gasteiger partial charge is 0.191 e. The van der Waals surface area contributed by atoms with Gasteiger partial charge in [-0.15, -0.1) is 0 Å². The molecule has 1 heterocycles. The molecular formula is C16H24FN3O. The van der Waals surface area contributed by atoms with E-state index in [0.29, 0.717) is 11.5 Å². The van der Waals surface area contributed by atoms with Crippen LogP contribution in [0.1, 0.15) is 36.9 Å². The van der Waals surface area contributed by atoms with Gasteiger partial charge in [0.15, 0.2) is 5.96 Å². The SMILES string of the molecule is CN=C(NCC1CCCO1)NC(C)c1ccc(C)c(F)c1. The number of aryl methyl sites for hydroxylation is 1. The summed E-state index contributed by atoms with van der Waals surface area (Å²) in [4.78, 5) is 4.20. The third-order valence-corrected chi connectivity index (χ3v) is 3.79. The van der Waals surface area contributed by atoms with Gasteiger partial charge < -0.3 is 15.4 Å². The topological polar surface area (TPSA) is 45.7 Å². The van der Waals surface area contributed by atoms with Crippen LogP contribution in [0.15, 0.2) is 23.2 Å². The molecule has 116 valence electrons. The van der Waals surface area contributed by atoms with Crippen molar-refractivity contribution in [3.63, 3.8) is 0 Å². The fourth-order valence-electron chi connectivity index (χ4n) is 2.38. The van der Waals surface area contributed by atoms with Gasteiger partial charge in [0.25, 0.3) is 0 Å². The number of aliphatic imine (C=N–C) groups is 1. The summed E-state index contributed by atoms with van der Waals surface area (Å²) in [6, 6.07) is 5.28. The predicted molar refractivity (Wildman–Crippen MR) is 83.0 cm³/mol. The zero-order chi connectivity index (χ0) is 15.2. The summed E-state index contributed by atoms with van der Waals surface area (Å²) in [5, 5.41) is 6.53. The first-order valence-electron chi connectivity index (χ1n) is 7.45. The van der Waals surface area contributed by atoms with Crippen molar-refractivity contribution in [2.45, 2.75) is 38.8 Å². The van der Waals surface area contributed by atoms with Gasteiger partial charge in [0, 0.05) is 20.2 Å². The molecule has 0 spiro atoms. The van der Waals surface area contributed by atoms with E-state index in [1.807, 2.05) is 13.0 Å². The number of benzene rings is 1. The van der Waals surface area contributed by atoms with Gasteiger partial charge in [-0.25, -0.2) is 4.39 Å². The van der Waals surface area contributed by atoms with Crippen molar-refractivity contribution in [1.29, 1.82) is 0 Å². The molecule has 1 aliphatic rings. The second kappa shape index (κ2) is 7.41. The minimum absolute atomic E-state index is 0.0178. The monoisotopic (exact) mass is 293 g/mol. The van der Waals surface area contributed by atoms with Gasteiger partial charge in [0.1, 0.15) is 5.82 Å². The van der Waals surface area contributed by atoms with E-state index < -0.39 is 0 Å². The molecule has 0 aliphatic carbocycles. The van der Waals surface area contributed by atoms with Gasteiger partial charge in [-0.1, -0.05) is 12.1 Å². The first kappa shape index (κ1) is 15.8. The Bertz CT molecular complexity index is 498. The van der Waals surface area contributed by atoms with Crippen LogP contribution in [0.2, 0.25) is 0 Å². The standard InChI is InChI=1S/C16H24FN3O/c1-11-6-7-13(9-15(11)17)12(2)20-16(18-3)19-10-14-5-4-8-21-14/h6-7,9,12,14H,4-5,8,10H2,1-3H3,(H2,18,19,20). The van der Waals surface area contributed by atoms with Crippen LogP contribution in [0.3, 0.4) is 0 Å². The van der Waals surface area contributed by atoms with E-state index in [2.05, 4.69) is 15.6 Å². The highest BCUT2D eigenvalue weighted by atomic mass is 19.1. The molecule has 2 N–H and O–H groups in total. The molecule has 21 heavy (non-hydrogen) atoms. The number of nitrogens with one attached hydrogen (secondary N) is 2. The Morgan fingerprint density at radius 3 is 2.95 bits per heavy atom. The molecule has 0 radical (unpaired) electrons. The molecule has 5 heteroatoms. The van der Waals surface area contributed by atoms with Crippen LogP contribution < -0.4 is 10.6 Å². The van der Waals surface area contributed by atoms with Crippen molar-refractivity contribution in [2.75, 3.05) is 20.2 Å². The highest BCUT2D eigenvalue weighted by molar-refractivity contribution is 5.80. The number of guanidine groups is 1. The minimum atomic E-state index is -0.177. The van der Waals surface area contributed by atoms with E-state index in [1.165, 1.54) is 0 Å². The molecule has 0 bridgehead atoms. The Morgan fingerprint density at radius 1 is 1.52 bits per heavy atom. The summed E-state index contributed by atoms with van der Waals surface area (Å²) >= 11 is 0. The third kappa shape index (κ3) is 4.43. The number of rotatable bonds is 4. The fourth-order valence-corrected chi connectivity index (χ4v) is 2.38. The number of halogens is 1. The van der Waals surface area contributed by atoms with Crippen molar-refractivity contribution in [2.24, 2.45) is 4.99 Å². The number of hydrogen-bond acceptors (Lipinski definition) is 2. The maximum absolute atomic E-state index is 13.6. The lowest BCUT2D eigenvalue weighted by atomic mass is 10.1. The lowest BCUT2D eigenvalue weighted by Gasteiger charge is -2.20. The maximum atomic E-state index is 13.6. The van der Waals surface area contributed by atoms with Gasteiger partial charge in [0.05, 0.1) is 12.1 Å². The van der Waals surface area contributed by atoms with Crippen molar-refractivity contribution in [1.82, 2.24) is 10.6 Å². The molecule has 1 aromatic rings. The number of nitrogens with zero attached hydrogens (tertiary/aromatic N) is 1. The Labute approximate surface area is 125 Å². The number of ether oxygens (including phenoxy) is 1. The fraction of sp³-hybridized carbons (Fsp3) is 0.562. The van der Waals surface area contributed by atoms with Crippen molar-refractivity contribution in [3.8, 4) is 0 Å². The van der Waals surface area contributed by atoms with E-state index in [0.717, 1.165) is 31.6 Å². The second-order valence-electron chi connectivity index (χ2n) is 5.46. The normalized spacial score (nSPS) is 20.4. The van der Waals surface area contributed by atoms with Crippen LogP contribution >= 0.6 is 0 Å². The summed E-state index contributed by atoms with van der Waals surface area (Å²) in [6.45, 7) is 5.34. The molecule has 0 aromatic heterocycles. The molecular weight excluding hydrogens is 269 g/mol. The Morgan fingerprint density at radius 2 is 2.33 bits per heavy atom. The summed E-state index contributed by atoms with van der Waals surface area (Å²) < 4.78 is 19.2. The van der Waals surface area contributed by atoms with E-state index in [4.69, 9.17) is 4.74 Å². The largest absolute Gasteiger partial charge is 0.376 e. The van der Waals surface area contributed by atoms with Crippen molar-refractivity contribution >= 4 is 5.96 Å². The summed E-state index contributed by atoms with van der Waals surface area (Å²) in [7, 11) is 1.73.